The van der Waals surface area contributed by atoms with E-state index in [9.17, 15) is 14.4 Å². The zero-order valence-corrected chi connectivity index (χ0v) is 12.2. The van der Waals surface area contributed by atoms with Gasteiger partial charge in [-0.1, -0.05) is 25.5 Å². The molecule has 1 aromatic carbocycles. The van der Waals surface area contributed by atoms with Crippen molar-refractivity contribution in [1.82, 2.24) is 5.32 Å². The van der Waals surface area contributed by atoms with Gasteiger partial charge in [-0.25, -0.2) is 4.79 Å². The third-order valence-electron chi connectivity index (χ3n) is 3.29. The van der Waals surface area contributed by atoms with E-state index in [2.05, 4.69) is 10.6 Å². The Balaban J connectivity index is 1.97. The van der Waals surface area contributed by atoms with Gasteiger partial charge in [0.2, 0.25) is 5.91 Å². The Bertz CT molecular complexity index is 587. The maximum Gasteiger partial charge on any atom is 0.326 e. The van der Waals surface area contributed by atoms with Gasteiger partial charge in [0.15, 0.2) is 6.10 Å². The molecule has 0 aliphatic carbocycles. The molecule has 1 heterocycles. The van der Waals surface area contributed by atoms with Crippen molar-refractivity contribution in [2.45, 2.75) is 38.3 Å². The fourth-order valence-corrected chi connectivity index (χ4v) is 2.19. The number of carbonyl (C=O) groups excluding carboxylic acids is 2. The molecule has 7 nitrogen and oxygen atoms in total. The molecule has 2 atom stereocenters. The summed E-state index contributed by atoms with van der Waals surface area (Å²) in [5.41, 5.74) is 0.554. The number of aliphatic carboxylic acids is 1. The highest BCUT2D eigenvalue weighted by molar-refractivity contribution is 6.00. The number of anilines is 1. The molecule has 3 N–H and O–H groups in total. The number of hydrogen-bond donors (Lipinski definition) is 3. The van der Waals surface area contributed by atoms with Crippen LogP contribution in [0.15, 0.2) is 24.3 Å². The van der Waals surface area contributed by atoms with Crippen molar-refractivity contribution in [3.05, 3.63) is 24.3 Å². The summed E-state index contributed by atoms with van der Waals surface area (Å²) in [4.78, 5) is 34.8. The van der Waals surface area contributed by atoms with E-state index < -0.39 is 29.9 Å². The van der Waals surface area contributed by atoms with E-state index in [0.29, 0.717) is 24.3 Å². The Morgan fingerprint density at radius 3 is 2.82 bits per heavy atom. The molecule has 2 unspecified atom stereocenters. The number of carboxylic acid groups (broad SMARTS) is 1. The van der Waals surface area contributed by atoms with Crippen molar-refractivity contribution in [2.24, 2.45) is 0 Å². The third-order valence-corrected chi connectivity index (χ3v) is 3.29. The summed E-state index contributed by atoms with van der Waals surface area (Å²) >= 11 is 0. The number of para-hydroxylation sites is 2. The van der Waals surface area contributed by atoms with Gasteiger partial charge < -0.3 is 20.5 Å². The number of rotatable bonds is 6. The Labute approximate surface area is 127 Å². The Kier molecular flexibility index (Phi) is 4.98. The molecule has 2 rings (SSSR count). The van der Waals surface area contributed by atoms with Crippen LogP contribution in [0, 0.1) is 0 Å². The lowest BCUT2D eigenvalue weighted by atomic mass is 10.1. The summed E-state index contributed by atoms with van der Waals surface area (Å²) in [6.45, 7) is 1.83. The number of ether oxygens (including phenoxy) is 1. The predicted octanol–water partition coefficient (Wildman–Crippen LogP) is 1.15. The zero-order chi connectivity index (χ0) is 16.1. The fraction of sp³-hybridized carbons (Fsp3) is 0.400. The van der Waals surface area contributed by atoms with Crippen molar-refractivity contribution in [2.75, 3.05) is 5.32 Å². The number of nitrogens with one attached hydrogen (secondary N) is 2. The highest BCUT2D eigenvalue weighted by Gasteiger charge is 2.30. The average molecular weight is 306 g/mol. The molecule has 1 aromatic rings. The standard InChI is InChI=1S/C15H18N2O5/c1-2-5-10(15(20)21)16-13(18)8-12-14(19)17-9-6-3-4-7-11(9)22-12/h3-4,6-7,10,12H,2,5,8H2,1H3,(H,16,18)(H,17,19)(H,20,21). The second kappa shape index (κ2) is 6.93. The minimum absolute atomic E-state index is 0.229. The number of fused-ring (bicyclic) bond motifs is 1. The molecule has 118 valence electrons. The van der Waals surface area contributed by atoms with Crippen LogP contribution in [0.1, 0.15) is 26.2 Å². The van der Waals surface area contributed by atoms with Gasteiger partial charge in [-0.2, -0.15) is 0 Å². The van der Waals surface area contributed by atoms with E-state index in [-0.39, 0.29) is 6.42 Å². The summed E-state index contributed by atoms with van der Waals surface area (Å²) in [5.74, 6) is -1.55. The highest BCUT2D eigenvalue weighted by atomic mass is 16.5. The van der Waals surface area contributed by atoms with E-state index in [1.165, 1.54) is 0 Å². The smallest absolute Gasteiger partial charge is 0.326 e. The molecule has 7 heteroatoms. The molecule has 22 heavy (non-hydrogen) atoms. The van der Waals surface area contributed by atoms with E-state index in [4.69, 9.17) is 9.84 Å². The normalized spacial score (nSPS) is 17.7. The molecule has 0 saturated carbocycles. The highest BCUT2D eigenvalue weighted by Crippen LogP contribution is 2.29. The first-order chi connectivity index (χ1) is 10.5. The lowest BCUT2D eigenvalue weighted by Gasteiger charge is -2.25. The van der Waals surface area contributed by atoms with Crippen LogP contribution in [-0.2, 0) is 14.4 Å². The monoisotopic (exact) mass is 306 g/mol. The van der Waals surface area contributed by atoms with Crippen LogP contribution < -0.4 is 15.4 Å². The van der Waals surface area contributed by atoms with Gasteiger partial charge in [-0.05, 0) is 18.6 Å². The molecule has 0 aromatic heterocycles. The van der Waals surface area contributed by atoms with E-state index in [1.807, 2.05) is 6.92 Å². The van der Waals surface area contributed by atoms with E-state index in [1.54, 1.807) is 24.3 Å². The second-order valence-electron chi connectivity index (χ2n) is 5.04. The number of hydrogen-bond acceptors (Lipinski definition) is 4. The molecule has 1 aliphatic rings. The van der Waals surface area contributed by atoms with E-state index in [0.717, 1.165) is 0 Å². The van der Waals surface area contributed by atoms with Gasteiger partial charge in [-0.15, -0.1) is 0 Å². The molecule has 0 radical (unpaired) electrons. The SMILES string of the molecule is CCCC(NC(=O)CC1Oc2ccccc2NC1=O)C(=O)O. The second-order valence-corrected chi connectivity index (χ2v) is 5.04. The average Bonchev–Trinajstić information content (AvgIpc) is 2.47. The van der Waals surface area contributed by atoms with Crippen molar-refractivity contribution in [3.63, 3.8) is 0 Å². The van der Waals surface area contributed by atoms with Crippen LogP contribution >= 0.6 is 0 Å². The topological polar surface area (TPSA) is 105 Å². The van der Waals surface area contributed by atoms with Crippen molar-refractivity contribution in [3.8, 4) is 5.75 Å². The predicted molar refractivity (Wildman–Crippen MR) is 78.6 cm³/mol. The van der Waals surface area contributed by atoms with Crippen LogP contribution in [0.2, 0.25) is 0 Å². The number of benzene rings is 1. The molecular weight excluding hydrogens is 288 g/mol. The Morgan fingerprint density at radius 2 is 2.14 bits per heavy atom. The number of carbonyl (C=O) groups is 3. The summed E-state index contributed by atoms with van der Waals surface area (Å²) < 4.78 is 5.50. The molecule has 0 spiro atoms. The van der Waals surface area contributed by atoms with Gasteiger partial charge in [0.25, 0.3) is 5.91 Å². The summed E-state index contributed by atoms with van der Waals surface area (Å²) in [7, 11) is 0. The maximum atomic E-state index is 11.9. The van der Waals surface area contributed by atoms with Gasteiger partial charge in [0, 0.05) is 0 Å². The largest absolute Gasteiger partial charge is 0.480 e. The van der Waals surface area contributed by atoms with Crippen LogP contribution in [-0.4, -0.2) is 35.0 Å². The Morgan fingerprint density at radius 1 is 1.41 bits per heavy atom. The van der Waals surface area contributed by atoms with Crippen LogP contribution in [0.25, 0.3) is 0 Å². The minimum atomic E-state index is -1.09. The van der Waals surface area contributed by atoms with Crippen LogP contribution in [0.4, 0.5) is 5.69 Å². The number of carboxylic acids is 1. The Hall–Kier alpha value is -2.57. The van der Waals surface area contributed by atoms with Gasteiger partial charge in [0.1, 0.15) is 11.8 Å². The maximum absolute atomic E-state index is 11.9. The van der Waals surface area contributed by atoms with E-state index >= 15 is 0 Å². The zero-order valence-electron chi connectivity index (χ0n) is 12.2. The minimum Gasteiger partial charge on any atom is -0.480 e. The molecule has 0 saturated heterocycles. The fourth-order valence-electron chi connectivity index (χ4n) is 2.19. The molecular formula is C15H18N2O5. The first kappa shape index (κ1) is 15.8. The lowest BCUT2D eigenvalue weighted by Crippen LogP contribution is -2.45. The molecule has 1 aliphatic heterocycles. The van der Waals surface area contributed by atoms with Crippen molar-refractivity contribution in [1.29, 1.82) is 0 Å². The molecule has 0 fully saturated rings. The molecule has 0 bridgehead atoms. The van der Waals surface area contributed by atoms with Gasteiger partial charge in [-0.3, -0.25) is 9.59 Å². The first-order valence-electron chi connectivity index (χ1n) is 7.10. The lowest BCUT2D eigenvalue weighted by molar-refractivity contribution is -0.142. The van der Waals surface area contributed by atoms with Gasteiger partial charge in [0.05, 0.1) is 12.1 Å². The summed E-state index contributed by atoms with van der Waals surface area (Å²) in [6.07, 6.45) is -0.230. The van der Waals surface area contributed by atoms with Crippen LogP contribution in [0.5, 0.6) is 5.75 Å². The molecule has 2 amide bonds. The van der Waals surface area contributed by atoms with Crippen molar-refractivity contribution >= 4 is 23.5 Å². The quantitative estimate of drug-likeness (QED) is 0.731. The van der Waals surface area contributed by atoms with Gasteiger partial charge >= 0.3 is 5.97 Å². The number of amides is 2. The first-order valence-corrected chi connectivity index (χ1v) is 7.10. The summed E-state index contributed by atoms with van der Waals surface area (Å²) in [5, 5.41) is 14.1. The summed E-state index contributed by atoms with van der Waals surface area (Å²) in [6, 6.07) is 5.96. The van der Waals surface area contributed by atoms with Crippen LogP contribution in [0.3, 0.4) is 0 Å². The van der Waals surface area contributed by atoms with Crippen molar-refractivity contribution < 1.29 is 24.2 Å². The third kappa shape index (κ3) is 3.75.